The fraction of sp³-hybridized carbons (Fsp3) is 0.125. The molecule has 158 valence electrons. The minimum atomic E-state index is -0.488. The Hall–Kier alpha value is -3.51. The Morgan fingerprint density at radius 2 is 1.74 bits per heavy atom. The van der Waals surface area contributed by atoms with Gasteiger partial charge in [0.2, 0.25) is 0 Å². The van der Waals surface area contributed by atoms with Crippen molar-refractivity contribution >= 4 is 22.6 Å². The fourth-order valence-electron chi connectivity index (χ4n) is 3.19. The van der Waals surface area contributed by atoms with Crippen LogP contribution < -0.4 is 19.8 Å². The van der Waals surface area contributed by atoms with Gasteiger partial charge in [0.1, 0.15) is 23.8 Å². The van der Waals surface area contributed by atoms with Crippen molar-refractivity contribution in [2.45, 2.75) is 6.61 Å². The second-order valence-electron chi connectivity index (χ2n) is 6.74. The van der Waals surface area contributed by atoms with Gasteiger partial charge in [0.25, 0.3) is 0 Å². The number of hydrogen-bond acceptors (Lipinski definition) is 5. The molecule has 4 aromatic rings. The summed E-state index contributed by atoms with van der Waals surface area (Å²) in [6.45, 7) is 0.151. The Morgan fingerprint density at radius 1 is 0.935 bits per heavy atom. The highest BCUT2D eigenvalue weighted by Gasteiger charge is 2.12. The van der Waals surface area contributed by atoms with E-state index in [2.05, 4.69) is 0 Å². The maximum Gasteiger partial charge on any atom is 0.344 e. The van der Waals surface area contributed by atoms with E-state index in [1.807, 2.05) is 0 Å². The molecule has 0 spiro atoms. The van der Waals surface area contributed by atoms with E-state index in [9.17, 15) is 9.18 Å². The maximum atomic E-state index is 13.2. The van der Waals surface area contributed by atoms with Gasteiger partial charge in [0.05, 0.1) is 24.8 Å². The molecule has 31 heavy (non-hydrogen) atoms. The van der Waals surface area contributed by atoms with Gasteiger partial charge >= 0.3 is 5.63 Å². The Balaban J connectivity index is 1.63. The standard InChI is InChI=1S/C24H18ClFO5/c1-28-21-8-5-14(10-23(21)29-2)19-9-15-4-7-18(12-22(15)31-24(19)27)30-13-16-3-6-17(26)11-20(16)25/h3-12H,13H2,1-2H3. The lowest BCUT2D eigenvalue weighted by Crippen LogP contribution is -2.03. The summed E-state index contributed by atoms with van der Waals surface area (Å²) in [4.78, 5) is 12.6. The average molecular weight is 441 g/mol. The van der Waals surface area contributed by atoms with E-state index in [0.717, 1.165) is 5.39 Å². The fourth-order valence-corrected chi connectivity index (χ4v) is 3.41. The van der Waals surface area contributed by atoms with Crippen LogP contribution in [0.25, 0.3) is 22.1 Å². The molecule has 0 aliphatic heterocycles. The van der Waals surface area contributed by atoms with E-state index < -0.39 is 11.4 Å². The van der Waals surface area contributed by atoms with E-state index in [0.29, 0.717) is 39.5 Å². The zero-order valence-electron chi connectivity index (χ0n) is 16.8. The molecule has 0 amide bonds. The molecule has 3 aromatic carbocycles. The van der Waals surface area contributed by atoms with Gasteiger partial charge in [-0.15, -0.1) is 0 Å². The van der Waals surface area contributed by atoms with E-state index in [4.69, 9.17) is 30.2 Å². The van der Waals surface area contributed by atoms with Crippen molar-refractivity contribution in [2.75, 3.05) is 14.2 Å². The molecule has 0 unspecified atom stereocenters. The zero-order chi connectivity index (χ0) is 22.0. The number of methoxy groups -OCH3 is 2. The van der Waals surface area contributed by atoms with Gasteiger partial charge in [-0.25, -0.2) is 9.18 Å². The lowest BCUT2D eigenvalue weighted by atomic mass is 10.1. The van der Waals surface area contributed by atoms with Crippen LogP contribution in [-0.4, -0.2) is 14.2 Å². The molecule has 4 rings (SSSR count). The molecule has 1 heterocycles. The first-order chi connectivity index (χ1) is 15.0. The topological polar surface area (TPSA) is 57.9 Å². The SMILES string of the molecule is COc1ccc(-c2cc3ccc(OCc4ccc(F)cc4Cl)cc3oc2=O)cc1OC. The summed E-state index contributed by atoms with van der Waals surface area (Å²) in [6.07, 6.45) is 0. The Morgan fingerprint density at radius 3 is 2.48 bits per heavy atom. The van der Waals surface area contributed by atoms with E-state index in [-0.39, 0.29) is 11.6 Å². The summed E-state index contributed by atoms with van der Waals surface area (Å²) >= 11 is 6.03. The summed E-state index contributed by atoms with van der Waals surface area (Å²) in [5.74, 6) is 1.17. The van der Waals surface area contributed by atoms with Gasteiger partial charge < -0.3 is 18.6 Å². The van der Waals surface area contributed by atoms with E-state index >= 15 is 0 Å². The van der Waals surface area contributed by atoms with Crippen molar-refractivity contribution in [1.29, 1.82) is 0 Å². The average Bonchev–Trinajstić information content (AvgIpc) is 2.77. The first kappa shape index (κ1) is 20.8. The number of ether oxygens (including phenoxy) is 3. The van der Waals surface area contributed by atoms with Crippen molar-refractivity contribution in [1.82, 2.24) is 0 Å². The number of fused-ring (bicyclic) bond motifs is 1. The summed E-state index contributed by atoms with van der Waals surface area (Å²) in [5, 5.41) is 1.02. The van der Waals surface area contributed by atoms with Crippen LogP contribution in [0, 0.1) is 5.82 Å². The highest BCUT2D eigenvalue weighted by molar-refractivity contribution is 6.31. The van der Waals surface area contributed by atoms with Gasteiger partial charge in [-0.2, -0.15) is 0 Å². The van der Waals surface area contributed by atoms with Crippen molar-refractivity contribution in [3.05, 3.63) is 87.5 Å². The van der Waals surface area contributed by atoms with Crippen molar-refractivity contribution in [3.63, 3.8) is 0 Å². The second kappa shape index (κ2) is 8.70. The summed E-state index contributed by atoms with van der Waals surface area (Å²) < 4.78 is 35.0. The first-order valence-corrected chi connectivity index (χ1v) is 9.73. The van der Waals surface area contributed by atoms with Crippen LogP contribution in [0.5, 0.6) is 17.2 Å². The van der Waals surface area contributed by atoms with Crippen LogP contribution in [0.2, 0.25) is 5.02 Å². The molecule has 0 aliphatic rings. The molecule has 7 heteroatoms. The highest BCUT2D eigenvalue weighted by atomic mass is 35.5. The van der Waals surface area contributed by atoms with Crippen LogP contribution in [0.15, 0.2) is 69.9 Å². The first-order valence-electron chi connectivity index (χ1n) is 9.35. The lowest BCUT2D eigenvalue weighted by Gasteiger charge is -2.10. The predicted molar refractivity (Wildman–Crippen MR) is 117 cm³/mol. The summed E-state index contributed by atoms with van der Waals surface area (Å²) in [7, 11) is 3.08. The predicted octanol–water partition coefficient (Wildman–Crippen LogP) is 5.85. The quantitative estimate of drug-likeness (QED) is 0.352. The monoisotopic (exact) mass is 440 g/mol. The molecule has 0 saturated heterocycles. The molecule has 0 fully saturated rings. The summed E-state index contributed by atoms with van der Waals surface area (Å²) in [5.41, 5.74) is 1.60. The number of benzene rings is 3. The van der Waals surface area contributed by atoms with Crippen molar-refractivity contribution in [2.24, 2.45) is 0 Å². The number of hydrogen-bond donors (Lipinski definition) is 0. The molecule has 0 saturated carbocycles. The van der Waals surface area contributed by atoms with Crippen molar-refractivity contribution < 1.29 is 23.0 Å². The smallest absolute Gasteiger partial charge is 0.344 e. The third-order valence-electron chi connectivity index (χ3n) is 4.81. The normalized spacial score (nSPS) is 10.8. The van der Waals surface area contributed by atoms with E-state index in [1.165, 1.54) is 19.2 Å². The number of halogens is 2. The summed E-state index contributed by atoms with van der Waals surface area (Å²) in [6, 6.07) is 16.3. The largest absolute Gasteiger partial charge is 0.493 e. The Kier molecular flexibility index (Phi) is 5.82. The van der Waals surface area contributed by atoms with Crippen LogP contribution in [0.1, 0.15) is 5.56 Å². The molecular weight excluding hydrogens is 423 g/mol. The molecule has 0 atom stereocenters. The number of rotatable bonds is 6. The third-order valence-corrected chi connectivity index (χ3v) is 5.16. The minimum absolute atomic E-state index is 0.151. The van der Waals surface area contributed by atoms with Gasteiger partial charge in [-0.05, 0) is 48.0 Å². The Bertz CT molecular complexity index is 1320. The Labute approximate surface area is 182 Å². The molecule has 1 aromatic heterocycles. The lowest BCUT2D eigenvalue weighted by molar-refractivity contribution is 0.306. The highest BCUT2D eigenvalue weighted by Crippen LogP contribution is 2.32. The zero-order valence-corrected chi connectivity index (χ0v) is 17.5. The molecule has 0 N–H and O–H groups in total. The van der Waals surface area contributed by atoms with Gasteiger partial charge in [0, 0.05) is 17.0 Å². The molecule has 0 bridgehead atoms. The van der Waals surface area contributed by atoms with Crippen LogP contribution in [0.3, 0.4) is 0 Å². The third kappa shape index (κ3) is 4.34. The minimum Gasteiger partial charge on any atom is -0.493 e. The maximum absolute atomic E-state index is 13.2. The van der Waals surface area contributed by atoms with Crippen LogP contribution in [0.4, 0.5) is 4.39 Å². The molecule has 5 nitrogen and oxygen atoms in total. The molecular formula is C24H18ClFO5. The van der Waals surface area contributed by atoms with Crippen LogP contribution >= 0.6 is 11.6 Å². The van der Waals surface area contributed by atoms with Crippen molar-refractivity contribution in [3.8, 4) is 28.4 Å². The van der Waals surface area contributed by atoms with E-state index in [1.54, 1.807) is 55.6 Å². The second-order valence-corrected chi connectivity index (χ2v) is 7.15. The molecule has 0 aliphatic carbocycles. The van der Waals surface area contributed by atoms with Gasteiger partial charge in [0.15, 0.2) is 11.5 Å². The van der Waals surface area contributed by atoms with Crippen LogP contribution in [-0.2, 0) is 6.61 Å². The van der Waals surface area contributed by atoms with Gasteiger partial charge in [-0.1, -0.05) is 23.7 Å². The molecule has 0 radical (unpaired) electrons. The van der Waals surface area contributed by atoms with Gasteiger partial charge in [-0.3, -0.25) is 0 Å².